The maximum atomic E-state index is 12.6. The summed E-state index contributed by atoms with van der Waals surface area (Å²) < 4.78 is 35.4. The maximum Gasteiger partial charge on any atom is 0.387 e. The fourth-order valence-corrected chi connectivity index (χ4v) is 3.53. The molecule has 24 heavy (non-hydrogen) atoms. The molecule has 2 heterocycles. The lowest BCUT2D eigenvalue weighted by molar-refractivity contribution is -0.0506. The first-order valence-corrected chi connectivity index (χ1v) is 8.33. The molecule has 2 saturated heterocycles. The summed E-state index contributed by atoms with van der Waals surface area (Å²) in [7, 11) is 0. The minimum absolute atomic E-state index is 0.0220. The highest BCUT2D eigenvalue weighted by Crippen LogP contribution is 2.34. The molecule has 1 aromatic carbocycles. The highest BCUT2D eigenvalue weighted by molar-refractivity contribution is 5.75. The Morgan fingerprint density at radius 1 is 1.38 bits per heavy atom. The van der Waals surface area contributed by atoms with Gasteiger partial charge in [0.1, 0.15) is 5.75 Å². The number of benzene rings is 1. The van der Waals surface area contributed by atoms with Gasteiger partial charge in [-0.05, 0) is 31.7 Å². The SMILES string of the molecule is CCC(NC(=O)NC1CC2CCC1O2)c1ccccc1OC(F)F. The van der Waals surface area contributed by atoms with Gasteiger partial charge in [0.05, 0.1) is 24.3 Å². The van der Waals surface area contributed by atoms with Gasteiger partial charge in [-0.15, -0.1) is 0 Å². The average molecular weight is 340 g/mol. The van der Waals surface area contributed by atoms with Crippen molar-refractivity contribution in [3.63, 3.8) is 0 Å². The maximum absolute atomic E-state index is 12.6. The van der Waals surface area contributed by atoms with Gasteiger partial charge in [-0.25, -0.2) is 4.79 Å². The van der Waals surface area contributed by atoms with Crippen molar-refractivity contribution in [2.24, 2.45) is 0 Å². The third-order valence-corrected chi connectivity index (χ3v) is 4.65. The summed E-state index contributed by atoms with van der Waals surface area (Å²) in [5.41, 5.74) is 0.541. The fraction of sp³-hybridized carbons (Fsp3) is 0.588. The van der Waals surface area contributed by atoms with E-state index < -0.39 is 12.7 Å². The smallest absolute Gasteiger partial charge is 0.387 e. The molecule has 2 bridgehead atoms. The Kier molecular flexibility index (Phi) is 5.18. The van der Waals surface area contributed by atoms with Crippen molar-refractivity contribution in [1.29, 1.82) is 0 Å². The molecule has 0 aromatic heterocycles. The quantitative estimate of drug-likeness (QED) is 0.835. The molecule has 4 atom stereocenters. The van der Waals surface area contributed by atoms with Crippen LogP contribution in [0.3, 0.4) is 0 Å². The first kappa shape index (κ1) is 17.0. The van der Waals surface area contributed by atoms with Crippen molar-refractivity contribution in [1.82, 2.24) is 10.6 Å². The van der Waals surface area contributed by atoms with Gasteiger partial charge >= 0.3 is 12.6 Å². The summed E-state index contributed by atoms with van der Waals surface area (Å²) in [6.07, 6.45) is 3.76. The normalized spacial score (nSPS) is 26.4. The van der Waals surface area contributed by atoms with E-state index in [2.05, 4.69) is 15.4 Å². The zero-order valence-corrected chi connectivity index (χ0v) is 13.5. The zero-order valence-electron chi connectivity index (χ0n) is 13.5. The van der Waals surface area contributed by atoms with E-state index in [1.54, 1.807) is 18.2 Å². The molecule has 3 rings (SSSR count). The molecule has 2 aliphatic heterocycles. The van der Waals surface area contributed by atoms with Crippen molar-refractivity contribution in [2.45, 2.75) is 63.5 Å². The minimum atomic E-state index is -2.90. The fourth-order valence-electron chi connectivity index (χ4n) is 3.53. The van der Waals surface area contributed by atoms with Crippen LogP contribution >= 0.6 is 0 Å². The molecule has 2 amide bonds. The van der Waals surface area contributed by atoms with Gasteiger partial charge in [0, 0.05) is 5.56 Å². The largest absolute Gasteiger partial charge is 0.434 e. The van der Waals surface area contributed by atoms with Gasteiger partial charge in [-0.1, -0.05) is 25.1 Å². The topological polar surface area (TPSA) is 59.6 Å². The Hall–Kier alpha value is -1.89. The molecular formula is C17H22F2N2O3. The molecule has 2 fully saturated rings. The van der Waals surface area contributed by atoms with Crippen LogP contribution in [0.1, 0.15) is 44.2 Å². The summed E-state index contributed by atoms with van der Waals surface area (Å²) in [5.74, 6) is 0.0860. The number of carbonyl (C=O) groups excluding carboxylic acids is 1. The first-order chi connectivity index (χ1) is 11.6. The van der Waals surface area contributed by atoms with Gasteiger partial charge in [0.2, 0.25) is 0 Å². The van der Waals surface area contributed by atoms with Crippen molar-refractivity contribution < 1.29 is 23.0 Å². The Labute approximate surface area is 139 Å². The number of hydrogen-bond acceptors (Lipinski definition) is 3. The van der Waals surface area contributed by atoms with Crippen molar-refractivity contribution in [3.8, 4) is 5.75 Å². The highest BCUT2D eigenvalue weighted by Gasteiger charge is 2.41. The molecule has 4 unspecified atom stereocenters. The molecule has 0 radical (unpaired) electrons. The second-order valence-electron chi connectivity index (χ2n) is 6.21. The zero-order chi connectivity index (χ0) is 17.1. The lowest BCUT2D eigenvalue weighted by Gasteiger charge is -2.24. The van der Waals surface area contributed by atoms with Gasteiger partial charge < -0.3 is 20.1 Å². The van der Waals surface area contributed by atoms with Crippen LogP contribution in [0, 0.1) is 0 Å². The molecule has 7 heteroatoms. The van der Waals surface area contributed by atoms with E-state index in [4.69, 9.17) is 4.74 Å². The predicted molar refractivity (Wildman–Crippen MR) is 84.1 cm³/mol. The van der Waals surface area contributed by atoms with E-state index in [9.17, 15) is 13.6 Å². The number of amides is 2. The predicted octanol–water partition coefficient (Wildman–Crippen LogP) is 3.36. The van der Waals surface area contributed by atoms with E-state index in [1.165, 1.54) is 6.07 Å². The van der Waals surface area contributed by atoms with Crippen LogP contribution in [-0.4, -0.2) is 30.9 Å². The minimum Gasteiger partial charge on any atom is -0.434 e. The van der Waals surface area contributed by atoms with Gasteiger partial charge in [-0.2, -0.15) is 8.78 Å². The van der Waals surface area contributed by atoms with Crippen LogP contribution in [0.4, 0.5) is 13.6 Å². The molecule has 5 nitrogen and oxygen atoms in total. The van der Waals surface area contributed by atoms with Crippen LogP contribution in [0.15, 0.2) is 24.3 Å². The standard InChI is InChI=1S/C17H22F2N2O3/c1-2-12(11-5-3-4-6-14(11)24-16(18)19)20-17(22)21-13-9-10-7-8-15(13)23-10/h3-6,10,12-13,15-16H,2,7-9H2,1H3,(H2,20,21,22). The van der Waals surface area contributed by atoms with Crippen molar-refractivity contribution >= 4 is 6.03 Å². The summed E-state index contributed by atoms with van der Waals surface area (Å²) >= 11 is 0. The van der Waals surface area contributed by atoms with Gasteiger partial charge in [0.15, 0.2) is 0 Å². The van der Waals surface area contributed by atoms with Crippen LogP contribution in [0.2, 0.25) is 0 Å². The Bertz CT molecular complexity index is 585. The number of halogens is 2. The number of hydrogen-bond donors (Lipinski definition) is 2. The number of carbonyl (C=O) groups is 1. The van der Waals surface area contributed by atoms with E-state index in [0.717, 1.165) is 19.3 Å². The third-order valence-electron chi connectivity index (χ3n) is 4.65. The third kappa shape index (κ3) is 3.77. The van der Waals surface area contributed by atoms with Crippen LogP contribution < -0.4 is 15.4 Å². The summed E-state index contributed by atoms with van der Waals surface area (Å²) in [6.45, 7) is -1.02. The number of rotatable bonds is 6. The molecule has 132 valence electrons. The van der Waals surface area contributed by atoms with E-state index in [1.807, 2.05) is 6.92 Å². The molecule has 0 spiro atoms. The van der Waals surface area contributed by atoms with Crippen molar-refractivity contribution in [2.75, 3.05) is 0 Å². The Morgan fingerprint density at radius 3 is 2.79 bits per heavy atom. The Balaban J connectivity index is 1.63. The van der Waals surface area contributed by atoms with E-state index in [-0.39, 0.29) is 30.0 Å². The monoisotopic (exact) mass is 340 g/mol. The molecular weight excluding hydrogens is 318 g/mol. The van der Waals surface area contributed by atoms with Crippen LogP contribution in [0.25, 0.3) is 0 Å². The molecule has 0 aliphatic carbocycles. The Morgan fingerprint density at radius 2 is 2.17 bits per heavy atom. The molecule has 0 saturated carbocycles. The number of para-hydroxylation sites is 1. The van der Waals surface area contributed by atoms with Crippen LogP contribution in [-0.2, 0) is 4.74 Å². The molecule has 1 aromatic rings. The molecule has 2 aliphatic rings. The number of urea groups is 1. The number of alkyl halides is 2. The average Bonchev–Trinajstić information content (AvgIpc) is 3.15. The summed E-state index contributed by atoms with van der Waals surface area (Å²) in [4.78, 5) is 12.3. The number of ether oxygens (including phenoxy) is 2. The van der Waals surface area contributed by atoms with Gasteiger partial charge in [0.25, 0.3) is 0 Å². The molecule has 2 N–H and O–H groups in total. The van der Waals surface area contributed by atoms with Crippen molar-refractivity contribution in [3.05, 3.63) is 29.8 Å². The number of nitrogens with one attached hydrogen (secondary N) is 2. The second kappa shape index (κ2) is 7.34. The lowest BCUT2D eigenvalue weighted by atomic mass is 9.96. The first-order valence-electron chi connectivity index (χ1n) is 8.33. The van der Waals surface area contributed by atoms with Crippen LogP contribution in [0.5, 0.6) is 5.75 Å². The van der Waals surface area contributed by atoms with E-state index >= 15 is 0 Å². The van der Waals surface area contributed by atoms with Gasteiger partial charge in [-0.3, -0.25) is 0 Å². The second-order valence-corrected chi connectivity index (χ2v) is 6.21. The summed E-state index contributed by atoms with van der Waals surface area (Å²) in [6, 6.07) is 5.84. The summed E-state index contributed by atoms with van der Waals surface area (Å²) in [5, 5.41) is 5.79. The number of fused-ring (bicyclic) bond motifs is 2. The highest BCUT2D eigenvalue weighted by atomic mass is 19.3. The lowest BCUT2D eigenvalue weighted by Crippen LogP contribution is -2.47. The van der Waals surface area contributed by atoms with E-state index in [0.29, 0.717) is 12.0 Å².